The smallest absolute Gasteiger partial charge is 0.236 e. The van der Waals surface area contributed by atoms with Crippen molar-refractivity contribution in [2.45, 2.75) is 16.8 Å². The second-order valence-corrected chi connectivity index (χ2v) is 10.9. The monoisotopic (exact) mass is 523 g/mol. The molecule has 9 heteroatoms. The molecule has 0 amide bonds. The zero-order valence-corrected chi connectivity index (χ0v) is 21.6. The number of benzene rings is 3. The van der Waals surface area contributed by atoms with Crippen LogP contribution in [0.2, 0.25) is 5.02 Å². The Balaban J connectivity index is 1.50. The fraction of sp³-hybridized carbons (Fsp3) is 0.222. The highest BCUT2D eigenvalue weighted by Crippen LogP contribution is 2.36. The number of nitrogens with zero attached hydrogens (tertiary/aromatic N) is 3. The lowest BCUT2D eigenvalue weighted by atomic mass is 10.2. The van der Waals surface area contributed by atoms with Gasteiger partial charge >= 0.3 is 0 Å². The third-order valence-corrected chi connectivity index (χ3v) is 8.15. The third-order valence-electron chi connectivity index (χ3n) is 6.24. The lowest BCUT2D eigenvalue weighted by Crippen LogP contribution is -2.46. The van der Waals surface area contributed by atoms with E-state index in [1.54, 1.807) is 55.6 Å². The molecule has 1 aliphatic rings. The number of piperazine rings is 1. The fourth-order valence-electron chi connectivity index (χ4n) is 4.20. The van der Waals surface area contributed by atoms with Crippen LogP contribution >= 0.6 is 11.6 Å². The van der Waals surface area contributed by atoms with Crippen molar-refractivity contribution >= 4 is 33.0 Å². The minimum atomic E-state index is -3.91. The molecule has 0 spiro atoms. The van der Waals surface area contributed by atoms with Gasteiger partial charge in [0, 0.05) is 42.5 Å². The number of methoxy groups -OCH3 is 1. The van der Waals surface area contributed by atoms with Gasteiger partial charge in [0.15, 0.2) is 0 Å². The van der Waals surface area contributed by atoms with E-state index in [4.69, 9.17) is 20.8 Å². The Kier molecular flexibility index (Phi) is 6.64. The van der Waals surface area contributed by atoms with Crippen LogP contribution in [0.5, 0.6) is 5.75 Å². The van der Waals surface area contributed by atoms with E-state index in [9.17, 15) is 8.42 Å². The molecule has 1 aromatic heterocycles. The summed E-state index contributed by atoms with van der Waals surface area (Å²) in [6.07, 6.45) is 0. The third kappa shape index (κ3) is 4.79. The number of rotatable bonds is 6. The number of hydrogen-bond acceptors (Lipinski definition) is 7. The second kappa shape index (κ2) is 9.87. The Morgan fingerprint density at radius 2 is 1.58 bits per heavy atom. The van der Waals surface area contributed by atoms with E-state index in [2.05, 4.69) is 9.88 Å². The Labute approximate surface area is 215 Å². The molecule has 2 heterocycles. The molecular formula is C27H26ClN3O4S. The molecule has 4 aromatic rings. The zero-order valence-electron chi connectivity index (χ0n) is 20.0. The predicted octanol–water partition coefficient (Wildman–Crippen LogP) is 5.47. The van der Waals surface area contributed by atoms with E-state index in [1.165, 1.54) is 0 Å². The average molecular weight is 524 g/mol. The maximum absolute atomic E-state index is 13.7. The summed E-state index contributed by atoms with van der Waals surface area (Å²) in [4.78, 5) is 8.85. The Morgan fingerprint density at radius 3 is 2.22 bits per heavy atom. The molecule has 0 unspecified atom stereocenters. The Bertz CT molecular complexity index is 1460. The van der Waals surface area contributed by atoms with Gasteiger partial charge in [0.2, 0.25) is 26.6 Å². The molecule has 36 heavy (non-hydrogen) atoms. The van der Waals surface area contributed by atoms with Gasteiger partial charge in [0.25, 0.3) is 0 Å². The quantitative estimate of drug-likeness (QED) is 0.331. The molecule has 0 atom stereocenters. The Hall–Kier alpha value is -3.49. The number of sulfone groups is 1. The lowest BCUT2D eigenvalue weighted by molar-refractivity contribution is 0.415. The van der Waals surface area contributed by atoms with E-state index in [0.29, 0.717) is 42.5 Å². The van der Waals surface area contributed by atoms with Crippen molar-refractivity contribution in [2.24, 2.45) is 0 Å². The second-order valence-electron chi connectivity index (χ2n) is 8.63. The summed E-state index contributed by atoms with van der Waals surface area (Å²) in [5.74, 6) is 1.19. The molecule has 186 valence electrons. The molecule has 0 N–H and O–H groups in total. The maximum atomic E-state index is 13.7. The van der Waals surface area contributed by atoms with Crippen LogP contribution in [0.4, 0.5) is 11.6 Å². The van der Waals surface area contributed by atoms with Crippen LogP contribution < -0.4 is 14.5 Å². The number of halogens is 1. The summed E-state index contributed by atoms with van der Waals surface area (Å²) < 4.78 is 38.8. The van der Waals surface area contributed by atoms with Gasteiger partial charge in [-0.1, -0.05) is 35.4 Å². The SMILES string of the molecule is COc1ccc(-c2nc(S(=O)(=O)c3ccc(C)cc3)c(N3CCN(c4cccc(Cl)c4)CC3)o2)cc1. The molecule has 5 rings (SSSR count). The standard InChI is InChI=1S/C27H26ClN3O4S/c1-19-6-12-24(13-7-19)36(32,33)26-27(35-25(29-26)20-8-10-23(34-2)11-9-20)31-16-14-30(15-17-31)22-5-3-4-21(28)18-22/h3-13,18H,14-17H2,1-2H3. The van der Waals surface area contributed by atoms with E-state index < -0.39 is 9.84 Å². The first kappa shape index (κ1) is 24.2. The topological polar surface area (TPSA) is 75.9 Å². The molecule has 0 aliphatic carbocycles. The first-order valence-corrected chi connectivity index (χ1v) is 13.4. The van der Waals surface area contributed by atoms with E-state index >= 15 is 0 Å². The zero-order chi connectivity index (χ0) is 25.3. The molecule has 0 saturated carbocycles. The number of aryl methyl sites for hydroxylation is 1. The van der Waals surface area contributed by atoms with Gasteiger partial charge in [-0.2, -0.15) is 4.98 Å². The summed E-state index contributed by atoms with van der Waals surface area (Å²) >= 11 is 6.17. The van der Waals surface area contributed by atoms with Crippen molar-refractivity contribution in [3.63, 3.8) is 0 Å². The van der Waals surface area contributed by atoms with Crippen LogP contribution in [-0.4, -0.2) is 46.7 Å². The molecule has 0 radical (unpaired) electrons. The van der Waals surface area contributed by atoms with E-state index in [-0.39, 0.29) is 21.7 Å². The number of aromatic nitrogens is 1. The van der Waals surface area contributed by atoms with Crippen molar-refractivity contribution in [1.82, 2.24) is 4.98 Å². The largest absolute Gasteiger partial charge is 0.497 e. The predicted molar refractivity (Wildman–Crippen MR) is 141 cm³/mol. The van der Waals surface area contributed by atoms with E-state index in [1.807, 2.05) is 36.1 Å². The highest BCUT2D eigenvalue weighted by atomic mass is 35.5. The molecule has 7 nitrogen and oxygen atoms in total. The van der Waals surface area contributed by atoms with Gasteiger partial charge in [-0.25, -0.2) is 8.42 Å². The molecule has 1 aliphatic heterocycles. The number of anilines is 2. The molecule has 1 saturated heterocycles. The summed E-state index contributed by atoms with van der Waals surface area (Å²) in [5.41, 5.74) is 2.68. The van der Waals surface area contributed by atoms with Crippen LogP contribution in [0, 0.1) is 6.92 Å². The van der Waals surface area contributed by atoms with Crippen molar-refractivity contribution < 1.29 is 17.6 Å². The van der Waals surface area contributed by atoms with Gasteiger partial charge in [-0.15, -0.1) is 0 Å². The summed E-state index contributed by atoms with van der Waals surface area (Å²) in [6, 6.07) is 21.7. The van der Waals surface area contributed by atoms with Gasteiger partial charge in [-0.05, 0) is 61.5 Å². The first-order valence-electron chi connectivity index (χ1n) is 11.6. The molecule has 1 fully saturated rings. The summed E-state index contributed by atoms with van der Waals surface area (Å²) in [5, 5.41) is 0.606. The first-order chi connectivity index (χ1) is 17.3. The van der Waals surface area contributed by atoms with Crippen LogP contribution in [0.3, 0.4) is 0 Å². The van der Waals surface area contributed by atoms with Crippen LogP contribution in [0.25, 0.3) is 11.5 Å². The van der Waals surface area contributed by atoms with Crippen molar-refractivity contribution in [1.29, 1.82) is 0 Å². The van der Waals surface area contributed by atoms with Crippen LogP contribution in [0.1, 0.15) is 5.56 Å². The van der Waals surface area contributed by atoms with Crippen LogP contribution in [0.15, 0.2) is 87.1 Å². The van der Waals surface area contributed by atoms with Crippen molar-refractivity contribution in [3.05, 3.63) is 83.4 Å². The highest BCUT2D eigenvalue weighted by Gasteiger charge is 2.33. The van der Waals surface area contributed by atoms with Crippen molar-refractivity contribution in [3.8, 4) is 17.2 Å². The fourth-order valence-corrected chi connectivity index (χ4v) is 5.71. The van der Waals surface area contributed by atoms with E-state index in [0.717, 1.165) is 11.3 Å². The molecular weight excluding hydrogens is 498 g/mol. The van der Waals surface area contributed by atoms with Crippen molar-refractivity contribution in [2.75, 3.05) is 43.1 Å². The Morgan fingerprint density at radius 1 is 0.917 bits per heavy atom. The number of hydrogen-bond donors (Lipinski definition) is 0. The minimum absolute atomic E-state index is 0.0756. The highest BCUT2D eigenvalue weighted by molar-refractivity contribution is 7.91. The summed E-state index contributed by atoms with van der Waals surface area (Å²) in [7, 11) is -2.32. The van der Waals surface area contributed by atoms with Gasteiger partial charge in [-0.3, -0.25) is 0 Å². The van der Waals surface area contributed by atoms with Gasteiger partial charge in [0.1, 0.15) is 5.75 Å². The number of oxazole rings is 1. The van der Waals surface area contributed by atoms with Gasteiger partial charge < -0.3 is 19.0 Å². The number of ether oxygens (including phenoxy) is 1. The normalized spacial score (nSPS) is 14.2. The van der Waals surface area contributed by atoms with Crippen LogP contribution in [-0.2, 0) is 9.84 Å². The minimum Gasteiger partial charge on any atom is -0.497 e. The molecule has 3 aromatic carbocycles. The maximum Gasteiger partial charge on any atom is 0.236 e. The lowest BCUT2D eigenvalue weighted by Gasteiger charge is -2.36. The summed E-state index contributed by atoms with van der Waals surface area (Å²) in [6.45, 7) is 4.42. The average Bonchev–Trinajstić information content (AvgIpc) is 3.36. The molecule has 0 bridgehead atoms. The van der Waals surface area contributed by atoms with Gasteiger partial charge in [0.05, 0.1) is 12.0 Å².